The van der Waals surface area contributed by atoms with Crippen molar-refractivity contribution in [3.05, 3.63) is 71.2 Å². The number of nitrogens with one attached hydrogen (secondary N) is 1. The van der Waals surface area contributed by atoms with Crippen LogP contribution in [0.15, 0.2) is 65.1 Å². The van der Waals surface area contributed by atoms with E-state index in [0.717, 1.165) is 11.3 Å². The van der Waals surface area contributed by atoms with E-state index in [9.17, 15) is 4.79 Å². The molecule has 0 atom stereocenters. The maximum absolute atomic E-state index is 12.4. The summed E-state index contributed by atoms with van der Waals surface area (Å²) in [4.78, 5) is 23.0. The molecule has 126 valence electrons. The van der Waals surface area contributed by atoms with Gasteiger partial charge in [0, 0.05) is 37.6 Å². The number of thiazole rings is 1. The molecule has 0 saturated heterocycles. The number of anilines is 2. The van der Waals surface area contributed by atoms with Crippen LogP contribution < -0.4 is 10.2 Å². The molecule has 0 aliphatic carbocycles. The van der Waals surface area contributed by atoms with Gasteiger partial charge in [0.2, 0.25) is 0 Å². The quantitative estimate of drug-likeness (QED) is 0.701. The second kappa shape index (κ2) is 7.72. The van der Waals surface area contributed by atoms with E-state index < -0.39 is 0 Å². The van der Waals surface area contributed by atoms with Gasteiger partial charge in [-0.3, -0.25) is 15.1 Å². The summed E-state index contributed by atoms with van der Waals surface area (Å²) in [5.41, 5.74) is 3.23. The van der Waals surface area contributed by atoms with E-state index in [2.05, 4.69) is 15.3 Å². The van der Waals surface area contributed by atoms with Crippen LogP contribution in [0.1, 0.15) is 15.9 Å². The molecule has 0 bridgehead atoms. The van der Waals surface area contributed by atoms with Crippen LogP contribution in [0.4, 0.5) is 16.5 Å². The van der Waals surface area contributed by atoms with Gasteiger partial charge in [0.25, 0.3) is 5.91 Å². The Balaban J connectivity index is 1.79. The highest BCUT2D eigenvalue weighted by molar-refractivity contribution is 7.13. The molecular weight excluding hydrogens is 332 g/mol. The van der Waals surface area contributed by atoms with E-state index in [0.29, 0.717) is 16.4 Å². The smallest absolute Gasteiger partial charge is 0.259 e. The Morgan fingerprint density at radius 3 is 2.60 bits per heavy atom. The van der Waals surface area contributed by atoms with Crippen molar-refractivity contribution in [3.63, 3.8) is 0 Å². The van der Waals surface area contributed by atoms with Gasteiger partial charge in [-0.05, 0) is 29.8 Å². The number of hydrogen-bond donors (Lipinski definition) is 1. The standard InChI is InChI=1S/C19H18N4OS/c1-23(2)15-9-7-14(8-10-15)13-21-17-6-4-3-5-16(17)18(24)22-19-20-11-12-25-19/h3-13H,1-2H3,(H,20,22,24). The van der Waals surface area contributed by atoms with E-state index >= 15 is 0 Å². The number of amides is 1. The molecule has 1 amide bonds. The van der Waals surface area contributed by atoms with Gasteiger partial charge < -0.3 is 4.90 Å². The first-order valence-corrected chi connectivity index (χ1v) is 8.63. The average molecular weight is 350 g/mol. The van der Waals surface area contributed by atoms with E-state index in [-0.39, 0.29) is 5.91 Å². The lowest BCUT2D eigenvalue weighted by Gasteiger charge is -2.11. The minimum absolute atomic E-state index is 0.217. The third-order valence-corrected chi connectivity index (χ3v) is 4.25. The highest BCUT2D eigenvalue weighted by atomic mass is 32.1. The molecule has 25 heavy (non-hydrogen) atoms. The molecule has 5 nitrogen and oxygen atoms in total. The lowest BCUT2D eigenvalue weighted by atomic mass is 10.1. The zero-order valence-electron chi connectivity index (χ0n) is 14.0. The number of rotatable bonds is 5. The maximum atomic E-state index is 12.4. The number of hydrogen-bond acceptors (Lipinski definition) is 5. The van der Waals surface area contributed by atoms with Gasteiger partial charge in [-0.25, -0.2) is 4.98 Å². The van der Waals surface area contributed by atoms with Crippen molar-refractivity contribution < 1.29 is 4.79 Å². The first-order chi connectivity index (χ1) is 12.1. The summed E-state index contributed by atoms with van der Waals surface area (Å²) in [5.74, 6) is -0.217. The largest absolute Gasteiger partial charge is 0.378 e. The van der Waals surface area contributed by atoms with Gasteiger partial charge in [0.1, 0.15) is 0 Å². The lowest BCUT2D eigenvalue weighted by molar-refractivity contribution is 0.102. The molecule has 1 aromatic heterocycles. The topological polar surface area (TPSA) is 57.6 Å². The molecule has 0 fully saturated rings. The molecule has 2 aromatic carbocycles. The third kappa shape index (κ3) is 4.30. The number of carbonyl (C=O) groups excluding carboxylic acids is 1. The first-order valence-electron chi connectivity index (χ1n) is 7.75. The fourth-order valence-corrected chi connectivity index (χ4v) is 2.75. The molecule has 6 heteroatoms. The summed E-state index contributed by atoms with van der Waals surface area (Å²) in [6.07, 6.45) is 3.41. The molecule has 3 rings (SSSR count). The van der Waals surface area contributed by atoms with E-state index in [1.165, 1.54) is 11.3 Å². The lowest BCUT2D eigenvalue weighted by Crippen LogP contribution is -2.11. The van der Waals surface area contributed by atoms with Crippen LogP contribution >= 0.6 is 11.3 Å². The summed E-state index contributed by atoms with van der Waals surface area (Å²) in [7, 11) is 4.00. The fraction of sp³-hybridized carbons (Fsp3) is 0.105. The Morgan fingerprint density at radius 1 is 1.16 bits per heavy atom. The van der Waals surface area contributed by atoms with Crippen molar-refractivity contribution in [1.82, 2.24) is 4.98 Å². The summed E-state index contributed by atoms with van der Waals surface area (Å²) in [6.45, 7) is 0. The summed E-state index contributed by atoms with van der Waals surface area (Å²) in [5, 5.41) is 5.17. The minimum Gasteiger partial charge on any atom is -0.378 e. The Morgan fingerprint density at radius 2 is 1.92 bits per heavy atom. The van der Waals surface area contributed by atoms with Gasteiger partial charge >= 0.3 is 0 Å². The first kappa shape index (κ1) is 16.9. The normalized spacial score (nSPS) is 10.8. The van der Waals surface area contributed by atoms with Crippen LogP contribution in [0.5, 0.6) is 0 Å². The minimum atomic E-state index is -0.217. The van der Waals surface area contributed by atoms with Gasteiger partial charge in [-0.2, -0.15) is 0 Å². The second-order valence-corrected chi connectivity index (χ2v) is 6.45. The van der Waals surface area contributed by atoms with Gasteiger partial charge in [-0.1, -0.05) is 24.3 Å². The molecule has 0 aliphatic rings. The molecule has 0 radical (unpaired) electrons. The summed E-state index contributed by atoms with van der Waals surface area (Å²) in [6, 6.07) is 15.3. The van der Waals surface area contributed by atoms with Crippen molar-refractivity contribution in [3.8, 4) is 0 Å². The van der Waals surface area contributed by atoms with E-state index in [4.69, 9.17) is 0 Å². The van der Waals surface area contributed by atoms with Crippen LogP contribution in [0.2, 0.25) is 0 Å². The third-order valence-electron chi connectivity index (χ3n) is 3.56. The predicted molar refractivity (Wildman–Crippen MR) is 105 cm³/mol. The number of aliphatic imine (C=N–C) groups is 1. The van der Waals surface area contributed by atoms with Gasteiger partial charge in [0.15, 0.2) is 5.13 Å². The van der Waals surface area contributed by atoms with Crippen LogP contribution in [0, 0.1) is 0 Å². The Bertz CT molecular complexity index is 871. The van der Waals surface area contributed by atoms with Crippen molar-refractivity contribution in [2.24, 2.45) is 4.99 Å². The molecule has 1 N–H and O–H groups in total. The van der Waals surface area contributed by atoms with Crippen molar-refractivity contribution in [2.75, 3.05) is 24.3 Å². The highest BCUT2D eigenvalue weighted by Crippen LogP contribution is 2.21. The summed E-state index contributed by atoms with van der Waals surface area (Å²) >= 11 is 1.38. The molecular formula is C19H18N4OS. The molecule has 3 aromatic rings. The Kier molecular flexibility index (Phi) is 5.20. The van der Waals surface area contributed by atoms with Crippen LogP contribution in [-0.2, 0) is 0 Å². The number of nitrogens with zero attached hydrogens (tertiary/aromatic N) is 3. The monoisotopic (exact) mass is 350 g/mol. The molecule has 0 saturated carbocycles. The maximum Gasteiger partial charge on any atom is 0.259 e. The van der Waals surface area contributed by atoms with Crippen LogP contribution in [0.25, 0.3) is 0 Å². The highest BCUT2D eigenvalue weighted by Gasteiger charge is 2.11. The zero-order valence-corrected chi connectivity index (χ0v) is 14.8. The van der Waals surface area contributed by atoms with E-state index in [1.54, 1.807) is 18.5 Å². The fourth-order valence-electron chi connectivity index (χ4n) is 2.23. The Hall–Kier alpha value is -2.99. The zero-order chi connectivity index (χ0) is 17.6. The number of para-hydroxylation sites is 1. The van der Waals surface area contributed by atoms with Crippen molar-refractivity contribution in [2.45, 2.75) is 0 Å². The van der Waals surface area contributed by atoms with Gasteiger partial charge in [-0.15, -0.1) is 11.3 Å². The molecule has 1 heterocycles. The van der Waals surface area contributed by atoms with Gasteiger partial charge in [0.05, 0.1) is 11.3 Å². The van der Waals surface area contributed by atoms with Crippen molar-refractivity contribution in [1.29, 1.82) is 0 Å². The summed E-state index contributed by atoms with van der Waals surface area (Å²) < 4.78 is 0. The Labute approximate surface area is 150 Å². The predicted octanol–water partition coefficient (Wildman–Crippen LogP) is 4.21. The SMILES string of the molecule is CN(C)c1ccc(C=Nc2ccccc2C(=O)Nc2nccs2)cc1. The van der Waals surface area contributed by atoms with Crippen LogP contribution in [-0.4, -0.2) is 31.2 Å². The second-order valence-electron chi connectivity index (χ2n) is 5.55. The number of benzene rings is 2. The number of carbonyl (C=O) groups is 1. The molecule has 0 spiro atoms. The van der Waals surface area contributed by atoms with E-state index in [1.807, 2.05) is 66.8 Å². The molecule has 0 unspecified atom stereocenters. The average Bonchev–Trinajstić information content (AvgIpc) is 3.13. The molecule has 0 aliphatic heterocycles. The van der Waals surface area contributed by atoms with Crippen molar-refractivity contribution >= 4 is 40.0 Å². The number of aromatic nitrogens is 1. The van der Waals surface area contributed by atoms with Crippen LogP contribution in [0.3, 0.4) is 0 Å².